The molecule has 24 heavy (non-hydrogen) atoms. The van der Waals surface area contributed by atoms with Gasteiger partial charge in [0.25, 0.3) is 0 Å². The molecule has 2 aromatic heterocycles. The number of pyridine rings is 1. The van der Waals surface area contributed by atoms with E-state index in [1.807, 2.05) is 19.3 Å². The molecular weight excluding hydrogens is 302 g/mol. The Morgan fingerprint density at radius 3 is 3.00 bits per heavy atom. The number of piperidine rings is 1. The first-order valence-electron chi connectivity index (χ1n) is 8.81. The molecule has 0 spiro atoms. The largest absolute Gasteiger partial charge is 0.369 e. The molecule has 0 aromatic carbocycles. The first-order chi connectivity index (χ1) is 11.5. The average molecular weight is 329 g/mol. The summed E-state index contributed by atoms with van der Waals surface area (Å²) in [6.45, 7) is 8.02. The predicted molar refractivity (Wildman–Crippen MR) is 98.5 cm³/mol. The summed E-state index contributed by atoms with van der Waals surface area (Å²) in [5.41, 5.74) is 10.2. The van der Waals surface area contributed by atoms with Crippen LogP contribution in [-0.4, -0.2) is 35.0 Å². The molecule has 3 rings (SSSR count). The second-order valence-electron chi connectivity index (χ2n) is 6.89. The fraction of sp³-hybridized carbons (Fsp3) is 0.556. The number of anilines is 2. The Balaban J connectivity index is 2.15. The standard InChI is InChI=1S/C18H27N5O/c1-4-15(24)22-14-9-21-18-16(14)17(13(8-20-18)11(2)3)23-7-5-6-12(19)10-23/h8-9,11-12H,4-7,10,19H2,1-3H3,(H,20,21)(H,22,24)/t12-/m1/s1. The van der Waals surface area contributed by atoms with Crippen molar-refractivity contribution < 1.29 is 4.79 Å². The third-order valence-corrected chi connectivity index (χ3v) is 4.69. The summed E-state index contributed by atoms with van der Waals surface area (Å²) >= 11 is 0. The number of nitrogens with zero attached hydrogens (tertiary/aromatic N) is 2. The van der Waals surface area contributed by atoms with Crippen LogP contribution >= 0.6 is 0 Å². The molecule has 1 fully saturated rings. The lowest BCUT2D eigenvalue weighted by Gasteiger charge is -2.35. The number of carbonyl (C=O) groups is 1. The number of nitrogens with two attached hydrogens (primary N) is 1. The Hall–Kier alpha value is -2.08. The summed E-state index contributed by atoms with van der Waals surface area (Å²) in [7, 11) is 0. The van der Waals surface area contributed by atoms with Crippen molar-refractivity contribution in [2.45, 2.75) is 52.0 Å². The Labute approximate surface area is 142 Å². The molecule has 6 nitrogen and oxygen atoms in total. The lowest BCUT2D eigenvalue weighted by molar-refractivity contribution is -0.115. The van der Waals surface area contributed by atoms with Crippen LogP contribution in [0.5, 0.6) is 0 Å². The van der Waals surface area contributed by atoms with Gasteiger partial charge in [-0.2, -0.15) is 0 Å². The summed E-state index contributed by atoms with van der Waals surface area (Å²) in [4.78, 5) is 22.0. The summed E-state index contributed by atoms with van der Waals surface area (Å²) in [5, 5.41) is 4.00. The van der Waals surface area contributed by atoms with E-state index in [-0.39, 0.29) is 11.9 Å². The maximum Gasteiger partial charge on any atom is 0.224 e. The van der Waals surface area contributed by atoms with Crippen molar-refractivity contribution in [2.24, 2.45) is 5.73 Å². The molecule has 2 aromatic rings. The Kier molecular flexibility index (Phi) is 4.76. The van der Waals surface area contributed by atoms with Crippen LogP contribution in [0.25, 0.3) is 11.0 Å². The number of hydrogen-bond acceptors (Lipinski definition) is 4. The number of fused-ring (bicyclic) bond motifs is 1. The SMILES string of the molecule is CCC(=O)Nc1c[nH]c2ncc(C(C)C)c(N3CCC[C@@H](N)C3)c12. The van der Waals surface area contributed by atoms with Gasteiger partial charge < -0.3 is 20.9 Å². The quantitative estimate of drug-likeness (QED) is 0.805. The van der Waals surface area contributed by atoms with Crippen LogP contribution in [0.3, 0.4) is 0 Å². The van der Waals surface area contributed by atoms with Gasteiger partial charge in [0.2, 0.25) is 5.91 Å². The van der Waals surface area contributed by atoms with Gasteiger partial charge in [0, 0.05) is 37.9 Å². The molecule has 1 aliphatic rings. The third-order valence-electron chi connectivity index (χ3n) is 4.69. The summed E-state index contributed by atoms with van der Waals surface area (Å²) in [6, 6.07) is 0.189. The van der Waals surface area contributed by atoms with Gasteiger partial charge in [0.15, 0.2) is 0 Å². The third kappa shape index (κ3) is 3.11. The highest BCUT2D eigenvalue weighted by atomic mass is 16.1. The smallest absolute Gasteiger partial charge is 0.224 e. The Morgan fingerprint density at radius 1 is 1.54 bits per heavy atom. The van der Waals surface area contributed by atoms with Gasteiger partial charge in [0.05, 0.1) is 16.8 Å². The van der Waals surface area contributed by atoms with Gasteiger partial charge in [-0.3, -0.25) is 4.79 Å². The zero-order valence-electron chi connectivity index (χ0n) is 14.7. The fourth-order valence-electron chi connectivity index (χ4n) is 3.41. The minimum Gasteiger partial charge on any atom is -0.369 e. The molecule has 4 N–H and O–H groups in total. The molecule has 130 valence electrons. The van der Waals surface area contributed by atoms with E-state index < -0.39 is 0 Å². The number of aromatic amines is 1. The van der Waals surface area contributed by atoms with Crippen LogP contribution in [0.1, 0.15) is 51.5 Å². The zero-order chi connectivity index (χ0) is 17.3. The molecule has 0 unspecified atom stereocenters. The van der Waals surface area contributed by atoms with E-state index in [1.165, 1.54) is 5.56 Å². The number of amides is 1. The molecular formula is C18H27N5O. The molecule has 0 saturated carbocycles. The normalized spacial score (nSPS) is 18.4. The molecule has 1 amide bonds. The van der Waals surface area contributed by atoms with Crippen LogP contribution in [-0.2, 0) is 4.79 Å². The van der Waals surface area contributed by atoms with Crippen molar-refractivity contribution >= 4 is 28.3 Å². The van der Waals surface area contributed by atoms with E-state index >= 15 is 0 Å². The number of H-pyrrole nitrogens is 1. The maximum absolute atomic E-state index is 11.9. The van der Waals surface area contributed by atoms with Gasteiger partial charge in [-0.15, -0.1) is 0 Å². The zero-order valence-corrected chi connectivity index (χ0v) is 14.7. The van der Waals surface area contributed by atoms with Gasteiger partial charge in [-0.1, -0.05) is 20.8 Å². The lowest BCUT2D eigenvalue weighted by atomic mass is 9.97. The van der Waals surface area contributed by atoms with Crippen molar-refractivity contribution in [3.05, 3.63) is 18.0 Å². The van der Waals surface area contributed by atoms with Gasteiger partial charge in [-0.25, -0.2) is 4.98 Å². The first-order valence-corrected chi connectivity index (χ1v) is 8.81. The van der Waals surface area contributed by atoms with Gasteiger partial charge >= 0.3 is 0 Å². The average Bonchev–Trinajstić information content (AvgIpc) is 2.96. The number of hydrogen-bond donors (Lipinski definition) is 3. The van der Waals surface area contributed by atoms with Gasteiger partial charge in [-0.05, 0) is 24.3 Å². The van der Waals surface area contributed by atoms with Crippen molar-refractivity contribution in [3.8, 4) is 0 Å². The first kappa shape index (κ1) is 16.8. The van der Waals surface area contributed by atoms with E-state index in [4.69, 9.17) is 5.73 Å². The molecule has 3 heterocycles. The van der Waals surface area contributed by atoms with Crippen LogP contribution < -0.4 is 16.0 Å². The highest BCUT2D eigenvalue weighted by molar-refractivity contribution is 6.07. The number of carbonyl (C=O) groups excluding carboxylic acids is 1. The number of rotatable bonds is 4. The Morgan fingerprint density at radius 2 is 2.33 bits per heavy atom. The summed E-state index contributed by atoms with van der Waals surface area (Å²) in [5.74, 6) is 0.354. The van der Waals surface area contributed by atoms with E-state index in [2.05, 4.69) is 34.0 Å². The molecule has 1 saturated heterocycles. The Bertz CT molecular complexity index is 736. The van der Waals surface area contributed by atoms with Crippen LogP contribution in [0.2, 0.25) is 0 Å². The summed E-state index contributed by atoms with van der Waals surface area (Å²) < 4.78 is 0. The number of nitrogens with one attached hydrogen (secondary N) is 2. The predicted octanol–water partition coefficient (Wildman–Crippen LogP) is 2.96. The second kappa shape index (κ2) is 6.81. The maximum atomic E-state index is 11.9. The van der Waals surface area contributed by atoms with Crippen molar-refractivity contribution in [3.63, 3.8) is 0 Å². The molecule has 0 radical (unpaired) electrons. The van der Waals surface area contributed by atoms with Crippen molar-refractivity contribution in [2.75, 3.05) is 23.3 Å². The highest BCUT2D eigenvalue weighted by Gasteiger charge is 2.25. The molecule has 0 bridgehead atoms. The van der Waals surface area contributed by atoms with Crippen LogP contribution in [0, 0.1) is 0 Å². The fourth-order valence-corrected chi connectivity index (χ4v) is 3.41. The van der Waals surface area contributed by atoms with Crippen LogP contribution in [0.15, 0.2) is 12.4 Å². The van der Waals surface area contributed by atoms with Crippen LogP contribution in [0.4, 0.5) is 11.4 Å². The van der Waals surface area contributed by atoms with Crippen molar-refractivity contribution in [1.82, 2.24) is 9.97 Å². The van der Waals surface area contributed by atoms with Gasteiger partial charge in [0.1, 0.15) is 5.65 Å². The minimum atomic E-state index is 0.00662. The van der Waals surface area contributed by atoms with E-state index in [1.54, 1.807) is 0 Å². The lowest BCUT2D eigenvalue weighted by Crippen LogP contribution is -2.43. The van der Waals surface area contributed by atoms with E-state index in [0.29, 0.717) is 12.3 Å². The molecule has 6 heteroatoms. The van der Waals surface area contributed by atoms with E-state index in [0.717, 1.165) is 48.3 Å². The molecule has 1 aliphatic heterocycles. The summed E-state index contributed by atoms with van der Waals surface area (Å²) in [6.07, 6.45) is 6.39. The molecule has 0 aliphatic carbocycles. The monoisotopic (exact) mass is 329 g/mol. The minimum absolute atomic E-state index is 0.00662. The highest BCUT2D eigenvalue weighted by Crippen LogP contribution is 2.39. The number of aromatic nitrogens is 2. The van der Waals surface area contributed by atoms with Crippen molar-refractivity contribution in [1.29, 1.82) is 0 Å². The second-order valence-corrected chi connectivity index (χ2v) is 6.89. The molecule has 1 atom stereocenters. The topological polar surface area (TPSA) is 87.0 Å². The van der Waals surface area contributed by atoms with E-state index in [9.17, 15) is 4.79 Å².